The van der Waals surface area contributed by atoms with Crippen LogP contribution >= 0.6 is 0 Å². The molecule has 1 aromatic carbocycles. The second-order valence-electron chi connectivity index (χ2n) is 8.16. The van der Waals surface area contributed by atoms with Gasteiger partial charge in [0.25, 0.3) is 0 Å². The van der Waals surface area contributed by atoms with Crippen LogP contribution in [-0.4, -0.2) is 41.0 Å². The second kappa shape index (κ2) is 8.74. The van der Waals surface area contributed by atoms with Crippen molar-refractivity contribution < 1.29 is 18.7 Å². The van der Waals surface area contributed by atoms with Gasteiger partial charge < -0.3 is 20.1 Å². The van der Waals surface area contributed by atoms with E-state index in [0.717, 1.165) is 44.2 Å². The number of aromatic nitrogens is 3. The van der Waals surface area contributed by atoms with Crippen LogP contribution in [0.5, 0.6) is 0 Å². The average Bonchev–Trinajstić information content (AvgIpc) is 3.44. The lowest BCUT2D eigenvalue weighted by Crippen LogP contribution is -2.20. The maximum Gasteiger partial charge on any atom is 0.325 e. The predicted octanol–water partition coefficient (Wildman–Crippen LogP) is 4.09. The highest BCUT2D eigenvalue weighted by Gasteiger charge is 2.24. The molecule has 1 unspecified atom stereocenters. The normalized spacial score (nSPS) is 17.9. The van der Waals surface area contributed by atoms with Crippen LogP contribution in [-0.2, 0) is 27.1 Å². The number of nitrogens with one attached hydrogen (secondary N) is 2. The molecule has 2 N–H and O–H groups in total. The minimum Gasteiger partial charge on any atom is -0.468 e. The number of fused-ring (bicyclic) bond motifs is 2. The fraction of sp³-hybridized carbons (Fsp3) is 0.435. The minimum atomic E-state index is -0.488. The number of halogens is 1. The van der Waals surface area contributed by atoms with Gasteiger partial charge in [-0.2, -0.15) is 5.10 Å². The predicted molar refractivity (Wildman–Crippen MR) is 119 cm³/mol. The van der Waals surface area contributed by atoms with E-state index in [9.17, 15) is 4.79 Å². The standard InChI is InChI=1S/C23H26FN5O3/c1-31-20(30)13-25-21-16-12-17(24)22(26-18-9-5-7-14-6-4-8-15(14)18)27-23(16)29(28-21)19-10-2-3-11-32-19/h5,7,9,12,19H,2-4,6,8,10-11,13H2,1H3,(H,25,28)(H,26,27). The smallest absolute Gasteiger partial charge is 0.325 e. The Hall–Kier alpha value is -3.20. The van der Waals surface area contributed by atoms with Crippen LogP contribution in [0.3, 0.4) is 0 Å². The van der Waals surface area contributed by atoms with Gasteiger partial charge in [-0.05, 0) is 61.8 Å². The molecule has 0 saturated carbocycles. The molecule has 1 aliphatic carbocycles. The molecule has 5 rings (SSSR count). The number of esters is 1. The Morgan fingerprint density at radius 1 is 1.28 bits per heavy atom. The van der Waals surface area contributed by atoms with E-state index < -0.39 is 11.8 Å². The van der Waals surface area contributed by atoms with Crippen molar-refractivity contribution in [1.82, 2.24) is 14.8 Å². The van der Waals surface area contributed by atoms with E-state index in [-0.39, 0.29) is 18.6 Å². The summed E-state index contributed by atoms with van der Waals surface area (Å²) in [6, 6.07) is 7.47. The first-order valence-electron chi connectivity index (χ1n) is 11.0. The van der Waals surface area contributed by atoms with Crippen molar-refractivity contribution in [1.29, 1.82) is 0 Å². The molecule has 32 heavy (non-hydrogen) atoms. The second-order valence-corrected chi connectivity index (χ2v) is 8.16. The SMILES string of the molecule is COC(=O)CNc1nn(C2CCCCO2)c2nc(Nc3cccc4c3CCC4)c(F)cc12. The first-order valence-corrected chi connectivity index (χ1v) is 11.0. The number of rotatable bonds is 6. The number of benzene rings is 1. The molecule has 1 atom stereocenters. The maximum absolute atomic E-state index is 15.1. The van der Waals surface area contributed by atoms with E-state index in [2.05, 4.69) is 26.8 Å². The Bertz CT molecular complexity index is 1160. The fourth-order valence-corrected chi connectivity index (χ4v) is 4.47. The molecule has 3 aromatic rings. The van der Waals surface area contributed by atoms with Gasteiger partial charge in [-0.3, -0.25) is 4.79 Å². The molecule has 9 heteroatoms. The number of carbonyl (C=O) groups excluding carboxylic acids is 1. The van der Waals surface area contributed by atoms with Gasteiger partial charge in [-0.25, -0.2) is 14.1 Å². The summed E-state index contributed by atoms with van der Waals surface area (Å²) in [6.07, 6.45) is 5.63. The first kappa shape index (κ1) is 20.7. The molecule has 2 aliphatic rings. The lowest BCUT2D eigenvalue weighted by atomic mass is 10.1. The van der Waals surface area contributed by atoms with Crippen molar-refractivity contribution in [2.75, 3.05) is 30.9 Å². The van der Waals surface area contributed by atoms with Gasteiger partial charge in [-0.1, -0.05) is 12.1 Å². The monoisotopic (exact) mass is 439 g/mol. The van der Waals surface area contributed by atoms with Crippen LogP contribution in [0.2, 0.25) is 0 Å². The van der Waals surface area contributed by atoms with Crippen LogP contribution < -0.4 is 10.6 Å². The lowest BCUT2D eigenvalue weighted by molar-refractivity contribution is -0.138. The Morgan fingerprint density at radius 2 is 2.19 bits per heavy atom. The lowest BCUT2D eigenvalue weighted by Gasteiger charge is -2.23. The Balaban J connectivity index is 1.54. The van der Waals surface area contributed by atoms with E-state index in [4.69, 9.17) is 9.47 Å². The molecule has 2 aromatic heterocycles. The highest BCUT2D eigenvalue weighted by Crippen LogP contribution is 2.34. The number of aryl methyl sites for hydroxylation is 1. The van der Waals surface area contributed by atoms with Crippen LogP contribution in [0.4, 0.5) is 21.7 Å². The van der Waals surface area contributed by atoms with Crippen molar-refractivity contribution in [3.8, 4) is 0 Å². The third-order valence-corrected chi connectivity index (χ3v) is 6.09. The van der Waals surface area contributed by atoms with E-state index in [1.54, 1.807) is 4.68 Å². The van der Waals surface area contributed by atoms with E-state index in [0.29, 0.717) is 23.5 Å². The van der Waals surface area contributed by atoms with Crippen molar-refractivity contribution in [3.05, 3.63) is 41.2 Å². The number of methoxy groups -OCH3 is 1. The van der Waals surface area contributed by atoms with Crippen molar-refractivity contribution in [2.24, 2.45) is 0 Å². The van der Waals surface area contributed by atoms with E-state index in [1.807, 2.05) is 12.1 Å². The molecular weight excluding hydrogens is 413 g/mol. The molecule has 0 amide bonds. The van der Waals surface area contributed by atoms with Gasteiger partial charge in [-0.15, -0.1) is 0 Å². The summed E-state index contributed by atoms with van der Waals surface area (Å²) in [5.41, 5.74) is 3.90. The largest absolute Gasteiger partial charge is 0.468 e. The summed E-state index contributed by atoms with van der Waals surface area (Å²) >= 11 is 0. The maximum atomic E-state index is 15.1. The Kier molecular flexibility index (Phi) is 5.65. The van der Waals surface area contributed by atoms with Crippen molar-refractivity contribution in [3.63, 3.8) is 0 Å². The first-order chi connectivity index (χ1) is 15.6. The average molecular weight is 439 g/mol. The topological polar surface area (TPSA) is 90.3 Å². The third kappa shape index (κ3) is 3.88. The van der Waals surface area contributed by atoms with Crippen molar-refractivity contribution >= 4 is 34.3 Å². The number of ether oxygens (including phenoxy) is 2. The Morgan fingerprint density at radius 3 is 3.00 bits per heavy atom. The zero-order valence-electron chi connectivity index (χ0n) is 18.0. The molecule has 1 aliphatic heterocycles. The number of hydrogen-bond acceptors (Lipinski definition) is 7. The molecule has 8 nitrogen and oxygen atoms in total. The minimum absolute atomic E-state index is 0.0775. The molecule has 1 saturated heterocycles. The highest BCUT2D eigenvalue weighted by atomic mass is 19.1. The van der Waals surface area contributed by atoms with Gasteiger partial charge >= 0.3 is 5.97 Å². The summed E-state index contributed by atoms with van der Waals surface area (Å²) in [5.74, 6) is -0.406. The van der Waals surface area contributed by atoms with Crippen LogP contribution in [0.1, 0.15) is 43.0 Å². The van der Waals surface area contributed by atoms with Gasteiger partial charge in [0, 0.05) is 12.3 Å². The summed E-state index contributed by atoms with van der Waals surface area (Å²) in [6.45, 7) is 0.561. The molecule has 0 spiro atoms. The zero-order chi connectivity index (χ0) is 22.1. The molecule has 168 valence electrons. The van der Waals surface area contributed by atoms with Gasteiger partial charge in [0.05, 0.1) is 12.5 Å². The van der Waals surface area contributed by atoms with Gasteiger partial charge in [0.2, 0.25) is 0 Å². The van der Waals surface area contributed by atoms with E-state index >= 15 is 4.39 Å². The van der Waals surface area contributed by atoms with E-state index in [1.165, 1.54) is 24.3 Å². The highest BCUT2D eigenvalue weighted by molar-refractivity contribution is 5.90. The number of pyridine rings is 1. The van der Waals surface area contributed by atoms with Gasteiger partial charge in [0.15, 0.2) is 29.3 Å². The summed E-state index contributed by atoms with van der Waals surface area (Å²) < 4.78 is 27.4. The van der Waals surface area contributed by atoms with Crippen LogP contribution in [0, 0.1) is 5.82 Å². The molecular formula is C23H26FN5O3. The number of nitrogens with zero attached hydrogens (tertiary/aromatic N) is 3. The molecule has 0 radical (unpaired) electrons. The molecule has 1 fully saturated rings. The Labute approximate surface area is 185 Å². The van der Waals surface area contributed by atoms with Crippen LogP contribution in [0.25, 0.3) is 11.0 Å². The molecule has 0 bridgehead atoms. The number of carbonyl (C=O) groups is 1. The summed E-state index contributed by atoms with van der Waals surface area (Å²) in [5, 5.41) is 11.2. The molecule has 3 heterocycles. The number of hydrogen-bond donors (Lipinski definition) is 2. The van der Waals surface area contributed by atoms with Crippen molar-refractivity contribution in [2.45, 2.75) is 44.8 Å². The van der Waals surface area contributed by atoms with Crippen LogP contribution in [0.15, 0.2) is 24.3 Å². The fourth-order valence-electron chi connectivity index (χ4n) is 4.47. The zero-order valence-corrected chi connectivity index (χ0v) is 18.0. The van der Waals surface area contributed by atoms with Gasteiger partial charge in [0.1, 0.15) is 6.54 Å². The number of anilines is 3. The quantitative estimate of drug-likeness (QED) is 0.559. The summed E-state index contributed by atoms with van der Waals surface area (Å²) in [7, 11) is 1.32. The third-order valence-electron chi connectivity index (χ3n) is 6.09. The summed E-state index contributed by atoms with van der Waals surface area (Å²) in [4.78, 5) is 16.2.